The lowest BCUT2D eigenvalue weighted by molar-refractivity contribution is 0.0951. The highest BCUT2D eigenvalue weighted by Gasteiger charge is 2.24. The summed E-state index contributed by atoms with van der Waals surface area (Å²) in [5, 5.41) is 10.8. The number of rotatable bonds is 6. The number of hydrogen-bond acceptors (Lipinski definition) is 5. The van der Waals surface area contributed by atoms with Crippen LogP contribution >= 0.6 is 11.3 Å². The lowest BCUT2D eigenvalue weighted by atomic mass is 10.1. The predicted octanol–water partition coefficient (Wildman–Crippen LogP) is 3.32. The molecule has 0 bridgehead atoms. The first-order valence-electron chi connectivity index (χ1n) is 8.62. The van der Waals surface area contributed by atoms with Crippen molar-refractivity contribution in [2.45, 2.75) is 18.9 Å². The Hall–Kier alpha value is -2.18. The minimum Gasteiger partial charge on any atom is -0.368 e. The zero-order valence-corrected chi connectivity index (χ0v) is 15.3. The highest BCUT2D eigenvalue weighted by Crippen LogP contribution is 2.33. The molecular weight excluding hydrogens is 332 g/mol. The number of aromatic nitrogens is 1. The van der Waals surface area contributed by atoms with Crippen LogP contribution in [0.25, 0.3) is 21.0 Å². The average molecular weight is 354 g/mol. The Morgan fingerprint density at radius 2 is 2.12 bits per heavy atom. The topological polar surface area (TPSA) is 57.3 Å². The molecule has 130 valence electrons. The highest BCUT2D eigenvalue weighted by molar-refractivity contribution is 7.18. The average Bonchev–Trinajstić information content (AvgIpc) is 3.25. The number of likely N-dealkylation sites (N-methyl/N-ethyl adjacent to an activating group) is 1. The molecule has 0 spiro atoms. The second-order valence-corrected chi connectivity index (χ2v) is 7.75. The van der Waals surface area contributed by atoms with E-state index in [2.05, 4.69) is 41.1 Å². The Kier molecular flexibility index (Phi) is 4.31. The summed E-state index contributed by atoms with van der Waals surface area (Å²) in [6.45, 7) is 1.77. The van der Waals surface area contributed by atoms with Crippen LogP contribution in [0.15, 0.2) is 29.6 Å². The summed E-state index contributed by atoms with van der Waals surface area (Å²) in [5.74, 6) is 0.893. The Bertz CT molecular complexity index is 930. The van der Waals surface area contributed by atoms with Crippen molar-refractivity contribution in [1.82, 2.24) is 15.2 Å². The van der Waals surface area contributed by atoms with E-state index in [4.69, 9.17) is 4.98 Å². The molecule has 2 aromatic heterocycles. The molecule has 3 aromatic rings. The monoisotopic (exact) mass is 354 g/mol. The van der Waals surface area contributed by atoms with Crippen LogP contribution in [-0.4, -0.2) is 49.0 Å². The highest BCUT2D eigenvalue weighted by atomic mass is 32.1. The van der Waals surface area contributed by atoms with E-state index in [1.54, 1.807) is 11.3 Å². The zero-order chi connectivity index (χ0) is 17.4. The van der Waals surface area contributed by atoms with Crippen molar-refractivity contribution in [3.63, 3.8) is 0 Å². The van der Waals surface area contributed by atoms with Crippen LogP contribution in [0.2, 0.25) is 0 Å². The number of pyridine rings is 1. The number of amides is 1. The molecular formula is C19H22N4OS. The summed E-state index contributed by atoms with van der Waals surface area (Å²) in [7, 11) is 4.11. The number of benzene rings is 1. The van der Waals surface area contributed by atoms with Crippen LogP contribution in [0.1, 0.15) is 23.2 Å². The molecule has 1 aromatic carbocycles. The number of nitrogens with one attached hydrogen (secondary N) is 2. The van der Waals surface area contributed by atoms with E-state index in [1.807, 2.05) is 18.2 Å². The fraction of sp³-hybridized carbons (Fsp3) is 0.368. The van der Waals surface area contributed by atoms with Crippen molar-refractivity contribution in [2.75, 3.05) is 32.5 Å². The molecule has 6 heteroatoms. The quantitative estimate of drug-likeness (QED) is 0.713. The van der Waals surface area contributed by atoms with Gasteiger partial charge in [0.15, 0.2) is 0 Å². The SMILES string of the molecule is CN(C)CCNc1nc2cc(C(=O)NC3CC3)ccc2c2sccc12. The minimum atomic E-state index is -0.000376. The first-order chi connectivity index (χ1) is 12.1. The largest absolute Gasteiger partial charge is 0.368 e. The van der Waals surface area contributed by atoms with E-state index in [9.17, 15) is 4.79 Å². The van der Waals surface area contributed by atoms with Crippen molar-refractivity contribution in [1.29, 1.82) is 0 Å². The number of nitrogens with zero attached hydrogens (tertiary/aromatic N) is 2. The molecule has 1 amide bonds. The normalized spacial score (nSPS) is 14.4. The van der Waals surface area contributed by atoms with Crippen molar-refractivity contribution in [3.8, 4) is 0 Å². The van der Waals surface area contributed by atoms with E-state index < -0.39 is 0 Å². The van der Waals surface area contributed by atoms with Crippen LogP contribution in [0.5, 0.6) is 0 Å². The van der Waals surface area contributed by atoms with Crippen molar-refractivity contribution in [3.05, 3.63) is 35.2 Å². The van der Waals surface area contributed by atoms with Crippen LogP contribution < -0.4 is 10.6 Å². The molecule has 25 heavy (non-hydrogen) atoms. The van der Waals surface area contributed by atoms with Gasteiger partial charge in [-0.25, -0.2) is 4.98 Å². The molecule has 1 aliphatic rings. The lowest BCUT2D eigenvalue weighted by Gasteiger charge is -2.13. The number of anilines is 1. The van der Waals surface area contributed by atoms with Crippen LogP contribution in [0, 0.1) is 0 Å². The minimum absolute atomic E-state index is 0.000376. The van der Waals surface area contributed by atoms with E-state index in [1.165, 1.54) is 4.70 Å². The summed E-state index contributed by atoms with van der Waals surface area (Å²) in [4.78, 5) is 19.3. The molecule has 2 N–H and O–H groups in total. The number of carbonyl (C=O) groups excluding carboxylic acids is 1. The Morgan fingerprint density at radius 1 is 1.28 bits per heavy atom. The van der Waals surface area contributed by atoms with Gasteiger partial charge in [-0.2, -0.15) is 0 Å². The van der Waals surface area contributed by atoms with Gasteiger partial charge < -0.3 is 15.5 Å². The van der Waals surface area contributed by atoms with Gasteiger partial charge in [0.25, 0.3) is 5.91 Å². The smallest absolute Gasteiger partial charge is 0.251 e. The third-order valence-corrected chi connectivity index (χ3v) is 5.37. The summed E-state index contributed by atoms with van der Waals surface area (Å²) in [6, 6.07) is 8.30. The molecule has 0 atom stereocenters. The second-order valence-electron chi connectivity index (χ2n) is 6.83. The van der Waals surface area contributed by atoms with Gasteiger partial charge in [0.1, 0.15) is 5.82 Å². The van der Waals surface area contributed by atoms with E-state index >= 15 is 0 Å². The van der Waals surface area contributed by atoms with Crippen LogP contribution in [0.4, 0.5) is 5.82 Å². The molecule has 0 unspecified atom stereocenters. The van der Waals surface area contributed by atoms with Gasteiger partial charge >= 0.3 is 0 Å². The van der Waals surface area contributed by atoms with Crippen LogP contribution in [-0.2, 0) is 0 Å². The van der Waals surface area contributed by atoms with Gasteiger partial charge in [-0.05, 0) is 50.5 Å². The van der Waals surface area contributed by atoms with Gasteiger partial charge in [-0.1, -0.05) is 6.07 Å². The summed E-state index contributed by atoms with van der Waals surface area (Å²) < 4.78 is 1.21. The molecule has 0 radical (unpaired) electrons. The second kappa shape index (κ2) is 6.61. The number of carbonyl (C=O) groups is 1. The first kappa shape index (κ1) is 16.3. The van der Waals surface area contributed by atoms with Gasteiger partial charge in [-0.15, -0.1) is 11.3 Å². The Labute approximate surface area is 151 Å². The fourth-order valence-corrected chi connectivity index (χ4v) is 3.80. The zero-order valence-electron chi connectivity index (χ0n) is 14.5. The van der Waals surface area contributed by atoms with E-state index in [0.29, 0.717) is 11.6 Å². The van der Waals surface area contributed by atoms with Gasteiger partial charge in [-0.3, -0.25) is 4.79 Å². The molecule has 1 fully saturated rings. The summed E-state index contributed by atoms with van der Waals surface area (Å²) in [5.41, 5.74) is 1.55. The molecule has 1 aliphatic carbocycles. The van der Waals surface area contributed by atoms with E-state index in [0.717, 1.165) is 48.0 Å². The van der Waals surface area contributed by atoms with Crippen molar-refractivity contribution >= 4 is 44.1 Å². The first-order valence-corrected chi connectivity index (χ1v) is 9.50. The third kappa shape index (κ3) is 3.45. The van der Waals surface area contributed by atoms with Gasteiger partial charge in [0.05, 0.1) is 5.52 Å². The summed E-state index contributed by atoms with van der Waals surface area (Å²) in [6.07, 6.45) is 2.18. The maximum Gasteiger partial charge on any atom is 0.251 e. The molecule has 4 rings (SSSR count). The number of thiophene rings is 1. The molecule has 1 saturated carbocycles. The van der Waals surface area contributed by atoms with Gasteiger partial charge in [0, 0.05) is 40.2 Å². The molecule has 2 heterocycles. The third-order valence-electron chi connectivity index (χ3n) is 4.42. The van der Waals surface area contributed by atoms with Crippen molar-refractivity contribution in [2.24, 2.45) is 0 Å². The number of fused-ring (bicyclic) bond motifs is 3. The lowest BCUT2D eigenvalue weighted by Crippen LogP contribution is -2.25. The van der Waals surface area contributed by atoms with Gasteiger partial charge in [0.2, 0.25) is 0 Å². The maximum absolute atomic E-state index is 12.3. The predicted molar refractivity (Wildman–Crippen MR) is 105 cm³/mol. The van der Waals surface area contributed by atoms with Crippen LogP contribution in [0.3, 0.4) is 0 Å². The molecule has 0 saturated heterocycles. The van der Waals surface area contributed by atoms with Crippen molar-refractivity contribution < 1.29 is 4.79 Å². The molecule has 0 aliphatic heterocycles. The standard InChI is InChI=1S/C19H22N4OS/c1-23(2)9-8-20-18-15-7-10-25-17(15)14-6-3-12(11-16(14)22-18)19(24)21-13-4-5-13/h3,6-7,10-11,13H,4-5,8-9H2,1-2H3,(H,20,22)(H,21,24). The fourth-order valence-electron chi connectivity index (χ4n) is 2.87. The Morgan fingerprint density at radius 3 is 2.88 bits per heavy atom. The number of hydrogen-bond donors (Lipinski definition) is 2. The van der Waals surface area contributed by atoms with E-state index in [-0.39, 0.29) is 5.91 Å². The summed E-state index contributed by atoms with van der Waals surface area (Å²) >= 11 is 1.71. The maximum atomic E-state index is 12.3. The molecule has 5 nitrogen and oxygen atoms in total. The Balaban J connectivity index is 1.70.